The zero-order chi connectivity index (χ0) is 14.5. The molecule has 0 aliphatic carbocycles. The number of nitrogens with zero attached hydrogens (tertiary/aromatic N) is 1. The summed E-state index contributed by atoms with van der Waals surface area (Å²) in [5.74, 6) is -0.0563. The molecule has 0 unspecified atom stereocenters. The number of rotatable bonds is 6. The first-order valence-electron chi connectivity index (χ1n) is 5.44. The van der Waals surface area contributed by atoms with Crippen molar-refractivity contribution in [1.29, 1.82) is 0 Å². The summed E-state index contributed by atoms with van der Waals surface area (Å²) < 4.78 is 28.6. The molecule has 1 aromatic carbocycles. The molecule has 0 aliphatic heterocycles. The van der Waals surface area contributed by atoms with E-state index in [2.05, 4.69) is 30.5 Å². The van der Waals surface area contributed by atoms with E-state index in [-0.39, 0.29) is 5.84 Å². The molecule has 0 radical (unpaired) electrons. The van der Waals surface area contributed by atoms with Gasteiger partial charge in [-0.2, -0.15) is 13.1 Å². The van der Waals surface area contributed by atoms with Crippen LogP contribution in [-0.2, 0) is 10.2 Å². The Morgan fingerprint density at radius 1 is 1.53 bits per heavy atom. The van der Waals surface area contributed by atoms with Gasteiger partial charge in [0.1, 0.15) is 0 Å². The van der Waals surface area contributed by atoms with E-state index in [1.165, 1.54) is 12.1 Å². The summed E-state index contributed by atoms with van der Waals surface area (Å²) in [7, 11) is -3.60. The lowest BCUT2D eigenvalue weighted by molar-refractivity contribution is 0.318. The van der Waals surface area contributed by atoms with Gasteiger partial charge >= 0.3 is 0 Å². The Kier molecular flexibility index (Phi) is 5.58. The van der Waals surface area contributed by atoms with Crippen LogP contribution in [0.15, 0.2) is 27.8 Å². The van der Waals surface area contributed by atoms with Gasteiger partial charge in [-0.3, -0.25) is 4.72 Å². The fourth-order valence-corrected chi connectivity index (χ4v) is 2.85. The molecule has 1 rings (SSSR count). The average Bonchev–Trinajstić information content (AvgIpc) is 2.37. The minimum absolute atomic E-state index is 0.0563. The van der Waals surface area contributed by atoms with E-state index in [4.69, 9.17) is 10.9 Å². The first kappa shape index (κ1) is 15.7. The molecule has 0 bridgehead atoms. The van der Waals surface area contributed by atoms with Crippen molar-refractivity contribution in [1.82, 2.24) is 4.72 Å². The van der Waals surface area contributed by atoms with Crippen LogP contribution in [0.25, 0.3) is 0 Å². The quantitative estimate of drug-likeness (QED) is 0.267. The maximum Gasteiger partial charge on any atom is 0.299 e. The summed E-state index contributed by atoms with van der Waals surface area (Å²) in [6.45, 7) is 2.22. The highest BCUT2D eigenvalue weighted by Crippen LogP contribution is 2.24. The third-order valence-corrected chi connectivity index (χ3v) is 3.89. The lowest BCUT2D eigenvalue weighted by Crippen LogP contribution is -2.30. The van der Waals surface area contributed by atoms with Crippen LogP contribution in [0.1, 0.15) is 18.9 Å². The molecular weight excluding hydrogens is 336 g/mol. The molecule has 7 nitrogen and oxygen atoms in total. The van der Waals surface area contributed by atoms with Crippen molar-refractivity contribution in [2.24, 2.45) is 10.9 Å². The van der Waals surface area contributed by atoms with Gasteiger partial charge in [0.2, 0.25) is 0 Å². The zero-order valence-electron chi connectivity index (χ0n) is 10.2. The fraction of sp³-hybridized carbons (Fsp3) is 0.300. The topological polar surface area (TPSA) is 117 Å². The van der Waals surface area contributed by atoms with Gasteiger partial charge in [0.05, 0.1) is 5.69 Å². The third-order valence-electron chi connectivity index (χ3n) is 2.16. The number of amidine groups is 1. The number of benzene rings is 1. The second kappa shape index (κ2) is 6.73. The minimum atomic E-state index is -3.60. The normalized spacial score (nSPS) is 12.4. The van der Waals surface area contributed by atoms with Crippen LogP contribution in [0.3, 0.4) is 0 Å². The monoisotopic (exact) mass is 350 g/mol. The smallest absolute Gasteiger partial charge is 0.299 e. The van der Waals surface area contributed by atoms with Crippen LogP contribution in [0.2, 0.25) is 0 Å². The number of hydrogen-bond acceptors (Lipinski definition) is 4. The van der Waals surface area contributed by atoms with E-state index in [1.807, 2.05) is 6.92 Å². The molecule has 0 saturated heterocycles. The molecule has 0 aliphatic rings. The third kappa shape index (κ3) is 4.69. The largest absolute Gasteiger partial charge is 0.409 e. The second-order valence-corrected chi connectivity index (χ2v) is 6.03. The Balaban J connectivity index is 2.92. The van der Waals surface area contributed by atoms with Crippen LogP contribution >= 0.6 is 15.9 Å². The maximum atomic E-state index is 11.7. The Hall–Kier alpha value is -1.32. The van der Waals surface area contributed by atoms with Crippen molar-refractivity contribution in [2.45, 2.75) is 13.3 Å². The lowest BCUT2D eigenvalue weighted by atomic mass is 10.2. The molecular formula is C10H15BrN4O3S. The summed E-state index contributed by atoms with van der Waals surface area (Å²) in [5, 5.41) is 11.4. The van der Waals surface area contributed by atoms with Crippen molar-refractivity contribution in [3.8, 4) is 0 Å². The van der Waals surface area contributed by atoms with Gasteiger partial charge in [0.15, 0.2) is 5.84 Å². The Labute approximate surface area is 120 Å². The summed E-state index contributed by atoms with van der Waals surface area (Å²) in [6.07, 6.45) is 0.699. The molecule has 0 heterocycles. The van der Waals surface area contributed by atoms with Gasteiger partial charge in [0, 0.05) is 16.6 Å². The summed E-state index contributed by atoms with van der Waals surface area (Å²) in [4.78, 5) is 0. The average molecular weight is 351 g/mol. The fourth-order valence-electron chi connectivity index (χ4n) is 1.23. The van der Waals surface area contributed by atoms with E-state index >= 15 is 0 Å². The van der Waals surface area contributed by atoms with Crippen molar-refractivity contribution in [3.05, 3.63) is 28.2 Å². The maximum absolute atomic E-state index is 11.7. The summed E-state index contributed by atoms with van der Waals surface area (Å²) >= 11 is 3.22. The molecule has 0 amide bonds. The van der Waals surface area contributed by atoms with Gasteiger partial charge in [-0.1, -0.05) is 12.1 Å². The minimum Gasteiger partial charge on any atom is -0.409 e. The van der Waals surface area contributed by atoms with Crippen LogP contribution < -0.4 is 15.2 Å². The van der Waals surface area contributed by atoms with Gasteiger partial charge in [-0.05, 0) is 40.5 Å². The predicted molar refractivity (Wildman–Crippen MR) is 77.5 cm³/mol. The molecule has 0 spiro atoms. The molecule has 0 atom stereocenters. The summed E-state index contributed by atoms with van der Waals surface area (Å²) in [6, 6.07) is 4.60. The highest BCUT2D eigenvalue weighted by atomic mass is 79.9. The van der Waals surface area contributed by atoms with Crippen LogP contribution in [0.5, 0.6) is 0 Å². The molecule has 1 aromatic rings. The predicted octanol–water partition coefficient (Wildman–Crippen LogP) is 1.20. The number of nitrogens with one attached hydrogen (secondary N) is 2. The number of hydrogen-bond donors (Lipinski definition) is 4. The van der Waals surface area contributed by atoms with Crippen molar-refractivity contribution < 1.29 is 13.6 Å². The van der Waals surface area contributed by atoms with Crippen molar-refractivity contribution in [3.63, 3.8) is 0 Å². The Bertz CT molecular complexity index is 574. The van der Waals surface area contributed by atoms with Gasteiger partial charge in [-0.25, -0.2) is 0 Å². The Morgan fingerprint density at radius 3 is 2.74 bits per heavy atom. The first-order chi connectivity index (χ1) is 8.89. The van der Waals surface area contributed by atoms with Crippen molar-refractivity contribution >= 4 is 37.7 Å². The zero-order valence-corrected chi connectivity index (χ0v) is 12.6. The van der Waals surface area contributed by atoms with E-state index in [0.717, 1.165) is 0 Å². The number of nitrogens with two attached hydrogens (primary N) is 1. The molecule has 0 fully saturated rings. The SMILES string of the molecule is CCCNS(=O)(=O)Nc1ccc(/C(N)=N/O)cc1Br. The molecule has 5 N–H and O–H groups in total. The van der Waals surface area contributed by atoms with E-state index in [9.17, 15) is 8.42 Å². The first-order valence-corrected chi connectivity index (χ1v) is 7.72. The standard InChI is InChI=1S/C10H15BrN4O3S/c1-2-5-13-19(17,18)15-9-4-3-7(6-8(9)11)10(12)14-16/h3-4,6,13,15-16H,2,5H2,1H3,(H2,12,14). The second-order valence-electron chi connectivity index (χ2n) is 3.68. The number of oxime groups is 1. The van der Waals surface area contributed by atoms with Crippen LogP contribution in [0, 0.1) is 0 Å². The van der Waals surface area contributed by atoms with E-state index < -0.39 is 10.2 Å². The van der Waals surface area contributed by atoms with Crippen LogP contribution in [-0.4, -0.2) is 26.0 Å². The molecule has 19 heavy (non-hydrogen) atoms. The molecule has 0 aromatic heterocycles. The van der Waals surface area contributed by atoms with Gasteiger partial charge in [-0.15, -0.1) is 0 Å². The lowest BCUT2D eigenvalue weighted by Gasteiger charge is -2.11. The Morgan fingerprint density at radius 2 is 2.21 bits per heavy atom. The number of halogens is 1. The highest BCUT2D eigenvalue weighted by molar-refractivity contribution is 9.10. The van der Waals surface area contributed by atoms with Gasteiger partial charge in [0.25, 0.3) is 10.2 Å². The van der Waals surface area contributed by atoms with E-state index in [1.54, 1.807) is 6.07 Å². The summed E-state index contributed by atoms with van der Waals surface area (Å²) in [5.41, 5.74) is 6.26. The molecule has 106 valence electrons. The van der Waals surface area contributed by atoms with Crippen LogP contribution in [0.4, 0.5) is 5.69 Å². The van der Waals surface area contributed by atoms with Gasteiger partial charge < -0.3 is 10.9 Å². The highest BCUT2D eigenvalue weighted by Gasteiger charge is 2.12. The number of anilines is 1. The van der Waals surface area contributed by atoms with Crippen molar-refractivity contribution in [2.75, 3.05) is 11.3 Å². The molecule has 9 heteroatoms. The van der Waals surface area contributed by atoms with E-state index in [0.29, 0.717) is 28.7 Å². The molecule has 0 saturated carbocycles.